The first-order valence-electron chi connectivity index (χ1n) is 25.9. The van der Waals surface area contributed by atoms with Gasteiger partial charge in [0.1, 0.15) is 37.6 Å². The van der Waals surface area contributed by atoms with Crippen molar-refractivity contribution in [1.29, 1.82) is 0 Å². The quantitative estimate of drug-likeness (QED) is 0.171. The summed E-state index contributed by atoms with van der Waals surface area (Å²) < 4.78 is 85.6. The Morgan fingerprint density at radius 3 is 1.04 bits per heavy atom. The molecule has 0 aromatic rings. The summed E-state index contributed by atoms with van der Waals surface area (Å²) in [5, 5.41) is 11.7. The molecular formula is C54H86O24. The van der Waals surface area contributed by atoms with Gasteiger partial charge in [-0.25, -0.2) is 0 Å². The van der Waals surface area contributed by atoms with Crippen molar-refractivity contribution in [3.8, 4) is 0 Å². The SMILES string of the molecule is CC(=O)O[C@H]1[C@@H](OC(C)=O)[C@@H](C)O[C@H](O[C@H]2[C@@H](OC(=O)C(C)(C)C)[C@@H](COC(=O)C(C)(C)C)O[C@@H](O[C@H]3[C@H](OC(=O)C(C)(C)C)[C@@H](OC(=O)C(C)(C)C)[C@H](O)O[C@@H]3COC(=O)C(C)(C)C)[C@@H]2OC(=O)C(C)(C)C)[C@@H]1OC(C)=O. The van der Waals surface area contributed by atoms with Crippen molar-refractivity contribution in [2.75, 3.05) is 13.2 Å². The first-order chi connectivity index (χ1) is 35.2. The Labute approximate surface area is 457 Å². The number of esters is 9. The Balaban J connectivity index is 2.57. The maximum atomic E-state index is 14.4. The van der Waals surface area contributed by atoms with Gasteiger partial charge in [0.15, 0.2) is 61.6 Å². The molecule has 446 valence electrons. The second kappa shape index (κ2) is 25.6. The molecule has 3 saturated heterocycles. The second-order valence-electron chi connectivity index (χ2n) is 25.9. The fourth-order valence-corrected chi connectivity index (χ4v) is 7.34. The lowest BCUT2D eigenvalue weighted by molar-refractivity contribution is -0.379. The third-order valence-corrected chi connectivity index (χ3v) is 11.8. The van der Waals surface area contributed by atoms with E-state index in [1.54, 1.807) is 41.5 Å². The molecule has 3 fully saturated rings. The van der Waals surface area contributed by atoms with Gasteiger partial charge >= 0.3 is 53.7 Å². The number of ether oxygens (including phenoxy) is 14. The van der Waals surface area contributed by atoms with Gasteiger partial charge in [-0.15, -0.1) is 0 Å². The molecule has 0 saturated carbocycles. The normalized spacial score (nSPS) is 30.1. The minimum Gasteiger partial charge on any atom is -0.462 e. The van der Waals surface area contributed by atoms with Gasteiger partial charge in [0.05, 0.1) is 38.6 Å². The monoisotopic (exact) mass is 1120 g/mol. The number of hydrogen-bond donors (Lipinski definition) is 1. The first-order valence-corrected chi connectivity index (χ1v) is 25.9. The summed E-state index contributed by atoms with van der Waals surface area (Å²) in [5.41, 5.74) is -7.34. The molecule has 3 aliphatic heterocycles. The highest BCUT2D eigenvalue weighted by molar-refractivity contribution is 5.78. The van der Waals surface area contributed by atoms with Crippen LogP contribution in [-0.2, 0) is 109 Å². The Bertz CT molecular complexity index is 2160. The maximum absolute atomic E-state index is 14.4. The summed E-state index contributed by atoms with van der Waals surface area (Å²) >= 11 is 0. The Morgan fingerprint density at radius 1 is 0.346 bits per heavy atom. The zero-order valence-corrected chi connectivity index (χ0v) is 49.4. The first kappa shape index (κ1) is 67.3. The van der Waals surface area contributed by atoms with Gasteiger partial charge in [-0.2, -0.15) is 0 Å². The number of aliphatic hydroxyl groups is 1. The predicted molar refractivity (Wildman–Crippen MR) is 268 cm³/mol. The largest absolute Gasteiger partial charge is 0.462 e. The highest BCUT2D eigenvalue weighted by atomic mass is 16.8. The summed E-state index contributed by atoms with van der Waals surface area (Å²) in [6, 6.07) is 0. The van der Waals surface area contributed by atoms with E-state index in [1.165, 1.54) is 90.0 Å². The van der Waals surface area contributed by atoms with Gasteiger partial charge in [0.2, 0.25) is 0 Å². The molecule has 0 radical (unpaired) electrons. The standard InChI is InChI=1S/C54H86O24/c1-25-31(68-26(2)55)34(69-27(3)56)38(70-28(4)57)41(67-25)74-36-33(75-45(61)51(11,12)13)30(24-66-44(60)50(8,9)10)72-42(39(36)78-48(64)54(20,21)22)73-32-29(23-65-43(59)49(5,6)7)71-40(58)37(77-47(63)53(17,18)19)35(32)76-46(62)52(14,15)16/h25,29-42,58H,23-24H2,1-22H3/t25-,29-,30-,31+,32-,33+,34+,35+,36+,37-,38-,39-,40-,41-,42+/m1/s1. The van der Waals surface area contributed by atoms with E-state index in [2.05, 4.69) is 0 Å². The van der Waals surface area contributed by atoms with Crippen molar-refractivity contribution in [2.24, 2.45) is 32.5 Å². The molecule has 0 amide bonds. The molecule has 0 bridgehead atoms. The van der Waals surface area contributed by atoms with Gasteiger partial charge in [0, 0.05) is 20.8 Å². The smallest absolute Gasteiger partial charge is 0.311 e. The lowest BCUT2D eigenvalue weighted by atomic mass is 9.92. The summed E-state index contributed by atoms with van der Waals surface area (Å²) in [6.45, 7) is 30.8. The molecule has 3 rings (SSSR count). The van der Waals surface area contributed by atoms with Crippen molar-refractivity contribution >= 4 is 53.7 Å². The highest BCUT2D eigenvalue weighted by Crippen LogP contribution is 2.40. The molecule has 0 aliphatic carbocycles. The fourth-order valence-electron chi connectivity index (χ4n) is 7.34. The van der Waals surface area contributed by atoms with Gasteiger partial charge in [-0.05, 0) is 132 Å². The summed E-state index contributed by atoms with van der Waals surface area (Å²) in [5.74, 6) is -7.88. The predicted octanol–water partition coefficient (Wildman–Crippen LogP) is 4.75. The number of rotatable bonds is 15. The van der Waals surface area contributed by atoms with Crippen LogP contribution in [0.2, 0.25) is 0 Å². The van der Waals surface area contributed by atoms with Crippen LogP contribution in [0.3, 0.4) is 0 Å². The number of carbonyl (C=O) groups is 9. The molecule has 24 nitrogen and oxygen atoms in total. The van der Waals surface area contributed by atoms with E-state index in [4.69, 9.17) is 66.3 Å². The van der Waals surface area contributed by atoms with Crippen molar-refractivity contribution in [3.63, 3.8) is 0 Å². The van der Waals surface area contributed by atoms with Crippen molar-refractivity contribution in [1.82, 2.24) is 0 Å². The van der Waals surface area contributed by atoms with E-state index in [9.17, 15) is 48.3 Å². The number of hydrogen-bond acceptors (Lipinski definition) is 24. The molecule has 15 atom stereocenters. The molecule has 0 aromatic carbocycles. The third-order valence-electron chi connectivity index (χ3n) is 11.8. The molecule has 0 spiro atoms. The van der Waals surface area contributed by atoms with Crippen LogP contribution in [0.4, 0.5) is 0 Å². The minimum atomic E-state index is -2.09. The van der Waals surface area contributed by atoms with E-state index in [0.717, 1.165) is 20.8 Å². The number of aliphatic hydroxyl groups excluding tert-OH is 1. The molecular weight excluding hydrogens is 1030 g/mol. The minimum absolute atomic E-state index is 0.724. The Kier molecular flexibility index (Phi) is 22.1. The topological polar surface area (TPSA) is 303 Å². The summed E-state index contributed by atoms with van der Waals surface area (Å²) in [7, 11) is 0. The average molecular weight is 1120 g/mol. The zero-order valence-electron chi connectivity index (χ0n) is 49.4. The Hall–Kier alpha value is -5.01. The van der Waals surface area contributed by atoms with E-state index in [1.807, 2.05) is 0 Å². The molecule has 1 N–H and O–H groups in total. The molecule has 24 heteroatoms. The van der Waals surface area contributed by atoms with E-state index in [-0.39, 0.29) is 0 Å². The van der Waals surface area contributed by atoms with Gasteiger partial charge < -0.3 is 71.4 Å². The summed E-state index contributed by atoms with van der Waals surface area (Å²) in [6.07, 6.45) is -26.9. The van der Waals surface area contributed by atoms with E-state index < -0.39 is 192 Å². The highest BCUT2D eigenvalue weighted by Gasteiger charge is 2.61. The van der Waals surface area contributed by atoms with Gasteiger partial charge in [-0.1, -0.05) is 0 Å². The molecule has 0 unspecified atom stereocenters. The summed E-state index contributed by atoms with van der Waals surface area (Å²) in [4.78, 5) is 122. The third kappa shape index (κ3) is 18.5. The number of carbonyl (C=O) groups excluding carboxylic acids is 9. The van der Waals surface area contributed by atoms with Crippen LogP contribution in [-0.4, -0.2) is 164 Å². The molecule has 3 aliphatic rings. The average Bonchev–Trinajstić information content (AvgIpc) is 3.25. The Morgan fingerprint density at radius 2 is 0.641 bits per heavy atom. The molecule has 78 heavy (non-hydrogen) atoms. The van der Waals surface area contributed by atoms with E-state index >= 15 is 0 Å². The van der Waals surface area contributed by atoms with Crippen LogP contribution in [0, 0.1) is 32.5 Å². The fraction of sp³-hybridized carbons (Fsp3) is 0.833. The van der Waals surface area contributed by atoms with Crippen LogP contribution in [0.1, 0.15) is 152 Å². The van der Waals surface area contributed by atoms with Crippen LogP contribution >= 0.6 is 0 Å². The molecule has 3 heterocycles. The lowest BCUT2D eigenvalue weighted by Gasteiger charge is -2.50. The zero-order chi connectivity index (χ0) is 60.2. The van der Waals surface area contributed by atoms with Crippen LogP contribution in [0.15, 0.2) is 0 Å². The second-order valence-corrected chi connectivity index (χ2v) is 25.9. The van der Waals surface area contributed by atoms with Crippen molar-refractivity contribution < 1.29 is 115 Å². The van der Waals surface area contributed by atoms with Gasteiger partial charge in [0.25, 0.3) is 0 Å². The maximum Gasteiger partial charge on any atom is 0.311 e. The van der Waals surface area contributed by atoms with Crippen LogP contribution in [0.25, 0.3) is 0 Å². The van der Waals surface area contributed by atoms with Gasteiger partial charge in [-0.3, -0.25) is 43.2 Å². The van der Waals surface area contributed by atoms with Crippen molar-refractivity contribution in [3.05, 3.63) is 0 Å². The molecule has 0 aromatic heterocycles. The lowest BCUT2D eigenvalue weighted by Crippen LogP contribution is -2.69. The van der Waals surface area contributed by atoms with Crippen LogP contribution in [0.5, 0.6) is 0 Å². The van der Waals surface area contributed by atoms with Crippen molar-refractivity contribution in [2.45, 2.75) is 244 Å². The van der Waals surface area contributed by atoms with Crippen LogP contribution < -0.4 is 0 Å². The van der Waals surface area contributed by atoms with E-state index in [0.29, 0.717) is 0 Å².